The van der Waals surface area contributed by atoms with Crippen LogP contribution in [0.4, 0.5) is 5.82 Å². The van der Waals surface area contributed by atoms with E-state index in [0.717, 1.165) is 16.5 Å². The number of aryl methyl sites for hydroxylation is 1. The Labute approximate surface area is 127 Å². The monoisotopic (exact) mass is 297 g/mol. The van der Waals surface area contributed by atoms with Crippen LogP contribution in [-0.4, -0.2) is 22.7 Å². The van der Waals surface area contributed by atoms with Crippen molar-refractivity contribution in [2.45, 2.75) is 13.8 Å². The molecule has 1 aromatic carbocycles. The number of fused-ring (bicyclic) bond motifs is 1. The van der Waals surface area contributed by atoms with Crippen LogP contribution in [0.15, 0.2) is 36.5 Å². The molecular formula is C16H17N4O2+. The lowest BCUT2D eigenvalue weighted by Crippen LogP contribution is -2.37. The summed E-state index contributed by atoms with van der Waals surface area (Å²) < 4.78 is 6.55. The van der Waals surface area contributed by atoms with Crippen LogP contribution in [0.25, 0.3) is 16.7 Å². The highest BCUT2D eigenvalue weighted by atomic mass is 16.5. The number of nitrogens with two attached hydrogens (primary N) is 1. The van der Waals surface area contributed by atoms with E-state index in [1.807, 2.05) is 37.3 Å². The van der Waals surface area contributed by atoms with Gasteiger partial charge in [-0.2, -0.15) is 0 Å². The molecule has 0 spiro atoms. The number of hydrogen-bond donors (Lipinski definition) is 2. The van der Waals surface area contributed by atoms with Gasteiger partial charge >= 0.3 is 5.97 Å². The lowest BCUT2D eigenvalue weighted by molar-refractivity contribution is -0.644. The summed E-state index contributed by atoms with van der Waals surface area (Å²) in [6.07, 6.45) is 1.53. The Morgan fingerprint density at radius 2 is 2.18 bits per heavy atom. The number of anilines is 1. The van der Waals surface area contributed by atoms with E-state index >= 15 is 0 Å². The van der Waals surface area contributed by atoms with Crippen LogP contribution in [0.2, 0.25) is 0 Å². The molecule has 0 saturated carbocycles. The molecule has 6 heteroatoms. The number of pyridine rings is 1. The average molecular weight is 297 g/mol. The number of para-hydroxylation sites is 1. The van der Waals surface area contributed by atoms with Gasteiger partial charge in [0, 0.05) is 11.5 Å². The Bertz CT molecular complexity index is 854. The quantitative estimate of drug-likeness (QED) is 0.571. The molecule has 0 aliphatic carbocycles. The minimum absolute atomic E-state index is 0.278. The number of carbonyl (C=O) groups is 1. The van der Waals surface area contributed by atoms with E-state index in [1.54, 1.807) is 11.6 Å². The molecule has 0 saturated heterocycles. The molecule has 0 atom stereocenters. The molecule has 3 N–H and O–H groups in total. The SMILES string of the molecule is CCOC(=O)c1c[nH][n+](-c2cc(C)c3ccccc3n2)c1N. The Kier molecular flexibility index (Phi) is 3.50. The van der Waals surface area contributed by atoms with Gasteiger partial charge in [0.2, 0.25) is 0 Å². The number of nitrogens with one attached hydrogen (secondary N) is 1. The molecule has 112 valence electrons. The summed E-state index contributed by atoms with van der Waals surface area (Å²) in [6, 6.07) is 9.80. The van der Waals surface area contributed by atoms with E-state index in [9.17, 15) is 4.79 Å². The lowest BCUT2D eigenvalue weighted by Gasteiger charge is -2.02. The first kappa shape index (κ1) is 14.1. The molecule has 0 aliphatic heterocycles. The second-order valence-electron chi connectivity index (χ2n) is 4.94. The fraction of sp³-hybridized carbons (Fsp3) is 0.188. The van der Waals surface area contributed by atoms with Crippen LogP contribution in [0.1, 0.15) is 22.8 Å². The highest BCUT2D eigenvalue weighted by Crippen LogP contribution is 2.18. The molecule has 0 fully saturated rings. The van der Waals surface area contributed by atoms with Gasteiger partial charge in [0.15, 0.2) is 5.56 Å². The summed E-state index contributed by atoms with van der Waals surface area (Å²) in [5, 5.41) is 4.04. The number of aromatic amines is 1. The Balaban J connectivity index is 2.10. The van der Waals surface area contributed by atoms with Crippen LogP contribution in [0.5, 0.6) is 0 Å². The highest BCUT2D eigenvalue weighted by molar-refractivity contribution is 5.93. The zero-order chi connectivity index (χ0) is 15.7. The van der Waals surface area contributed by atoms with Crippen LogP contribution in [0, 0.1) is 6.92 Å². The van der Waals surface area contributed by atoms with Crippen LogP contribution < -0.4 is 10.4 Å². The van der Waals surface area contributed by atoms with Crippen molar-refractivity contribution in [1.82, 2.24) is 10.1 Å². The summed E-state index contributed by atoms with van der Waals surface area (Å²) >= 11 is 0. The number of ether oxygens (including phenoxy) is 1. The number of carbonyl (C=O) groups excluding carboxylic acids is 1. The van der Waals surface area contributed by atoms with Gasteiger partial charge in [0.1, 0.15) is 5.52 Å². The first-order valence-electron chi connectivity index (χ1n) is 7.04. The number of nitrogen functional groups attached to an aromatic ring is 1. The number of esters is 1. The number of aromatic nitrogens is 3. The highest BCUT2D eigenvalue weighted by Gasteiger charge is 2.22. The second kappa shape index (κ2) is 5.48. The number of rotatable bonds is 3. The molecule has 0 amide bonds. The smallest absolute Gasteiger partial charge is 0.346 e. The van der Waals surface area contributed by atoms with Gasteiger partial charge in [0.05, 0.1) is 12.8 Å². The van der Waals surface area contributed by atoms with Crippen molar-refractivity contribution >= 4 is 22.7 Å². The van der Waals surface area contributed by atoms with E-state index in [-0.39, 0.29) is 5.82 Å². The van der Waals surface area contributed by atoms with E-state index in [2.05, 4.69) is 10.1 Å². The minimum atomic E-state index is -0.451. The Morgan fingerprint density at radius 3 is 2.95 bits per heavy atom. The number of hydrogen-bond acceptors (Lipinski definition) is 4. The third-order valence-corrected chi connectivity index (χ3v) is 3.49. The van der Waals surface area contributed by atoms with Crippen LogP contribution in [-0.2, 0) is 4.74 Å². The van der Waals surface area contributed by atoms with Gasteiger partial charge in [-0.05, 0) is 25.5 Å². The number of benzene rings is 1. The van der Waals surface area contributed by atoms with E-state index < -0.39 is 5.97 Å². The molecule has 0 bridgehead atoms. The summed E-state index contributed by atoms with van der Waals surface area (Å²) in [4.78, 5) is 16.4. The lowest BCUT2D eigenvalue weighted by atomic mass is 10.1. The average Bonchev–Trinajstić information content (AvgIpc) is 2.89. The topological polar surface area (TPSA) is 84.9 Å². The van der Waals surface area contributed by atoms with Gasteiger partial charge in [-0.1, -0.05) is 18.2 Å². The maximum absolute atomic E-state index is 11.8. The van der Waals surface area contributed by atoms with E-state index in [4.69, 9.17) is 10.5 Å². The molecule has 0 unspecified atom stereocenters. The predicted molar refractivity (Wildman–Crippen MR) is 82.7 cm³/mol. The molecule has 2 heterocycles. The van der Waals surface area contributed by atoms with Crippen LogP contribution >= 0.6 is 0 Å². The van der Waals surface area contributed by atoms with Gasteiger partial charge in [-0.15, -0.1) is 9.67 Å². The minimum Gasteiger partial charge on any atom is -0.462 e. The summed E-state index contributed by atoms with van der Waals surface area (Å²) in [5.74, 6) is 0.456. The van der Waals surface area contributed by atoms with Crippen LogP contribution in [0.3, 0.4) is 0 Å². The van der Waals surface area contributed by atoms with Gasteiger partial charge in [0.25, 0.3) is 11.6 Å². The summed E-state index contributed by atoms with van der Waals surface area (Å²) in [7, 11) is 0. The number of nitrogens with zero attached hydrogens (tertiary/aromatic N) is 2. The van der Waals surface area contributed by atoms with E-state index in [0.29, 0.717) is 18.0 Å². The third kappa shape index (κ3) is 2.28. The molecule has 3 aromatic rings. The summed E-state index contributed by atoms with van der Waals surface area (Å²) in [5.41, 5.74) is 8.31. The summed E-state index contributed by atoms with van der Waals surface area (Å²) in [6.45, 7) is 4.07. The third-order valence-electron chi connectivity index (χ3n) is 3.49. The standard InChI is InChI=1S/C16H16N4O2/c1-3-22-16(21)12-9-18-20(15(12)17)14-8-10(2)11-6-4-5-7-13(11)19-14/h4-9H,3H2,1-2H3,(H2,17,18,21)/p+1. The molecule has 0 aliphatic rings. The maximum Gasteiger partial charge on any atom is 0.346 e. The molecule has 0 radical (unpaired) electrons. The molecule has 22 heavy (non-hydrogen) atoms. The molecule has 2 aromatic heterocycles. The van der Waals surface area contributed by atoms with Gasteiger partial charge < -0.3 is 10.5 Å². The van der Waals surface area contributed by atoms with Crippen molar-refractivity contribution in [3.63, 3.8) is 0 Å². The largest absolute Gasteiger partial charge is 0.462 e. The van der Waals surface area contributed by atoms with Crippen molar-refractivity contribution in [2.75, 3.05) is 12.3 Å². The van der Waals surface area contributed by atoms with Gasteiger partial charge in [-0.25, -0.2) is 4.79 Å². The van der Waals surface area contributed by atoms with Crippen molar-refractivity contribution in [1.29, 1.82) is 0 Å². The van der Waals surface area contributed by atoms with Gasteiger partial charge in [-0.3, -0.25) is 5.10 Å². The number of H-pyrrole nitrogens is 1. The first-order valence-corrected chi connectivity index (χ1v) is 7.04. The zero-order valence-electron chi connectivity index (χ0n) is 12.5. The second-order valence-corrected chi connectivity index (χ2v) is 4.94. The maximum atomic E-state index is 11.8. The van der Waals surface area contributed by atoms with Crippen molar-refractivity contribution < 1.29 is 14.2 Å². The first-order chi connectivity index (χ1) is 10.6. The van der Waals surface area contributed by atoms with Crippen molar-refractivity contribution in [3.05, 3.63) is 47.7 Å². The predicted octanol–water partition coefficient (Wildman–Crippen LogP) is 1.91. The Hall–Kier alpha value is -2.89. The zero-order valence-corrected chi connectivity index (χ0v) is 12.5. The van der Waals surface area contributed by atoms with Crippen molar-refractivity contribution in [2.24, 2.45) is 0 Å². The fourth-order valence-corrected chi connectivity index (χ4v) is 2.40. The van der Waals surface area contributed by atoms with Crippen molar-refractivity contribution in [3.8, 4) is 5.82 Å². The van der Waals surface area contributed by atoms with E-state index in [1.165, 1.54) is 6.20 Å². The Morgan fingerprint density at radius 1 is 1.41 bits per heavy atom. The normalized spacial score (nSPS) is 10.8. The molecule has 3 rings (SSSR count). The fourth-order valence-electron chi connectivity index (χ4n) is 2.40. The molecule has 6 nitrogen and oxygen atoms in total. The molecular weight excluding hydrogens is 280 g/mol.